The van der Waals surface area contributed by atoms with Gasteiger partial charge in [-0.2, -0.15) is 11.8 Å². The lowest BCUT2D eigenvalue weighted by Gasteiger charge is -2.43. The molecular formula is C14H26N2O2S. The molecule has 2 rings (SSSR count). The Hall–Kier alpha value is -0.260. The molecule has 2 heterocycles. The van der Waals surface area contributed by atoms with Crippen molar-refractivity contribution in [2.24, 2.45) is 0 Å². The molecular weight excluding hydrogens is 260 g/mol. The van der Waals surface area contributed by atoms with Gasteiger partial charge < -0.3 is 15.0 Å². The predicted octanol–water partition coefficient (Wildman–Crippen LogP) is 1.50. The number of carbonyl (C=O) groups is 1. The summed E-state index contributed by atoms with van der Waals surface area (Å²) in [6, 6.07) is 0.520. The fraction of sp³-hybridized carbons (Fsp3) is 0.929. The Balaban J connectivity index is 1.73. The van der Waals surface area contributed by atoms with Gasteiger partial charge in [0.05, 0.1) is 5.60 Å². The topological polar surface area (TPSA) is 41.6 Å². The predicted molar refractivity (Wildman–Crippen MR) is 79.6 cm³/mol. The van der Waals surface area contributed by atoms with E-state index in [2.05, 4.69) is 5.32 Å². The number of carbonyl (C=O) groups excluding carboxylic acids is 1. The Bertz CT molecular complexity index is 298. The van der Waals surface area contributed by atoms with Crippen molar-refractivity contribution in [3.05, 3.63) is 0 Å². The van der Waals surface area contributed by atoms with Crippen molar-refractivity contribution in [3.8, 4) is 0 Å². The third kappa shape index (κ3) is 4.36. The minimum Gasteiger partial charge on any atom is -0.375 e. The van der Waals surface area contributed by atoms with Gasteiger partial charge in [0.2, 0.25) is 5.91 Å². The molecule has 19 heavy (non-hydrogen) atoms. The molecule has 1 atom stereocenters. The molecule has 0 saturated carbocycles. The first-order valence-corrected chi connectivity index (χ1v) is 8.42. The van der Waals surface area contributed by atoms with Crippen molar-refractivity contribution in [1.29, 1.82) is 0 Å². The molecule has 2 saturated heterocycles. The molecule has 1 spiro atoms. The maximum absolute atomic E-state index is 11.5. The van der Waals surface area contributed by atoms with E-state index in [1.165, 1.54) is 24.3 Å². The number of rotatable bonds is 4. The first-order chi connectivity index (χ1) is 9.11. The molecule has 1 N–H and O–H groups in total. The number of hydrogen-bond acceptors (Lipinski definition) is 4. The summed E-state index contributed by atoms with van der Waals surface area (Å²) in [5.41, 5.74) is 0.132. The number of amides is 1. The molecule has 5 heteroatoms. The molecule has 0 aromatic carbocycles. The SMILES string of the molecule is CN(C)C(=O)CCNC1CCOC2(CCSCC2)C1. The highest BCUT2D eigenvalue weighted by Crippen LogP contribution is 2.37. The third-order valence-electron chi connectivity index (χ3n) is 4.17. The lowest BCUT2D eigenvalue weighted by molar-refractivity contribution is -0.128. The zero-order valence-corrected chi connectivity index (χ0v) is 12.9. The summed E-state index contributed by atoms with van der Waals surface area (Å²) < 4.78 is 6.07. The summed E-state index contributed by atoms with van der Waals surface area (Å²) in [4.78, 5) is 13.2. The van der Waals surface area contributed by atoms with Crippen LogP contribution in [0.3, 0.4) is 0 Å². The van der Waals surface area contributed by atoms with Crippen LogP contribution in [0.4, 0.5) is 0 Å². The van der Waals surface area contributed by atoms with E-state index in [4.69, 9.17) is 4.74 Å². The summed E-state index contributed by atoms with van der Waals surface area (Å²) in [5.74, 6) is 2.65. The Labute approximate surface area is 120 Å². The average Bonchev–Trinajstić information content (AvgIpc) is 2.39. The van der Waals surface area contributed by atoms with Gasteiger partial charge in [-0.25, -0.2) is 0 Å². The van der Waals surface area contributed by atoms with E-state index in [9.17, 15) is 4.79 Å². The minimum absolute atomic E-state index is 0.132. The quantitative estimate of drug-likeness (QED) is 0.850. The average molecular weight is 286 g/mol. The first-order valence-electron chi connectivity index (χ1n) is 7.27. The molecule has 1 unspecified atom stereocenters. The van der Waals surface area contributed by atoms with Crippen LogP contribution in [0.15, 0.2) is 0 Å². The Morgan fingerprint density at radius 2 is 2.16 bits per heavy atom. The van der Waals surface area contributed by atoms with Crippen LogP contribution in [0.5, 0.6) is 0 Å². The van der Waals surface area contributed by atoms with Crippen molar-refractivity contribution in [2.45, 2.75) is 43.7 Å². The fourth-order valence-electron chi connectivity index (χ4n) is 2.90. The van der Waals surface area contributed by atoms with Crippen LogP contribution in [0, 0.1) is 0 Å². The molecule has 0 aliphatic carbocycles. The molecule has 1 amide bonds. The van der Waals surface area contributed by atoms with E-state index in [0.717, 1.165) is 26.0 Å². The summed E-state index contributed by atoms with van der Waals surface area (Å²) >= 11 is 2.04. The second-order valence-corrected chi connectivity index (χ2v) is 7.05. The van der Waals surface area contributed by atoms with E-state index in [0.29, 0.717) is 12.5 Å². The lowest BCUT2D eigenvalue weighted by atomic mass is 9.85. The van der Waals surface area contributed by atoms with Crippen molar-refractivity contribution in [2.75, 3.05) is 38.8 Å². The summed E-state index contributed by atoms with van der Waals surface area (Å²) in [6.45, 7) is 1.65. The maximum atomic E-state index is 11.5. The fourth-order valence-corrected chi connectivity index (χ4v) is 4.14. The molecule has 2 aliphatic rings. The van der Waals surface area contributed by atoms with E-state index >= 15 is 0 Å². The van der Waals surface area contributed by atoms with Crippen molar-refractivity contribution in [1.82, 2.24) is 10.2 Å². The maximum Gasteiger partial charge on any atom is 0.223 e. The number of thioether (sulfide) groups is 1. The van der Waals surface area contributed by atoms with Gasteiger partial charge in [0.1, 0.15) is 0 Å². The molecule has 110 valence electrons. The van der Waals surface area contributed by atoms with E-state index in [-0.39, 0.29) is 11.5 Å². The first kappa shape index (κ1) is 15.1. The number of nitrogens with zero attached hydrogens (tertiary/aromatic N) is 1. The second kappa shape index (κ2) is 6.95. The van der Waals surface area contributed by atoms with Crippen LogP contribution in [0.1, 0.15) is 32.1 Å². The van der Waals surface area contributed by atoms with Gasteiger partial charge in [0.25, 0.3) is 0 Å². The zero-order valence-electron chi connectivity index (χ0n) is 12.1. The number of hydrogen-bond donors (Lipinski definition) is 1. The number of nitrogens with one attached hydrogen (secondary N) is 1. The normalized spacial score (nSPS) is 26.3. The minimum atomic E-state index is 0.132. The molecule has 2 fully saturated rings. The monoisotopic (exact) mass is 286 g/mol. The van der Waals surface area contributed by atoms with Crippen LogP contribution in [-0.4, -0.2) is 61.2 Å². The standard InChI is InChI=1S/C14H26N2O2S/c1-16(2)13(17)3-7-15-12-4-8-18-14(11-12)5-9-19-10-6-14/h12,15H,3-11H2,1-2H3. The molecule has 4 nitrogen and oxygen atoms in total. The second-order valence-electron chi connectivity index (χ2n) is 5.83. The van der Waals surface area contributed by atoms with Gasteiger partial charge in [0, 0.05) is 39.7 Å². The van der Waals surface area contributed by atoms with Gasteiger partial charge >= 0.3 is 0 Å². The van der Waals surface area contributed by atoms with Crippen molar-refractivity contribution in [3.63, 3.8) is 0 Å². The van der Waals surface area contributed by atoms with Crippen LogP contribution in [0.2, 0.25) is 0 Å². The van der Waals surface area contributed by atoms with Crippen molar-refractivity contribution < 1.29 is 9.53 Å². The van der Waals surface area contributed by atoms with Crippen LogP contribution >= 0.6 is 11.8 Å². The molecule has 0 aromatic heterocycles. The molecule has 0 radical (unpaired) electrons. The van der Waals surface area contributed by atoms with E-state index in [1.54, 1.807) is 4.90 Å². The highest BCUT2D eigenvalue weighted by molar-refractivity contribution is 7.99. The van der Waals surface area contributed by atoms with E-state index in [1.807, 2.05) is 25.9 Å². The highest BCUT2D eigenvalue weighted by Gasteiger charge is 2.38. The molecule has 2 aliphatic heterocycles. The van der Waals surface area contributed by atoms with Gasteiger partial charge in [-0.1, -0.05) is 0 Å². The third-order valence-corrected chi connectivity index (χ3v) is 5.15. The van der Waals surface area contributed by atoms with Gasteiger partial charge in [-0.05, 0) is 37.2 Å². The highest BCUT2D eigenvalue weighted by atomic mass is 32.2. The Morgan fingerprint density at radius 1 is 1.42 bits per heavy atom. The van der Waals surface area contributed by atoms with Gasteiger partial charge in [0.15, 0.2) is 0 Å². The largest absolute Gasteiger partial charge is 0.375 e. The summed E-state index contributed by atoms with van der Waals surface area (Å²) in [5, 5.41) is 3.54. The smallest absolute Gasteiger partial charge is 0.223 e. The summed E-state index contributed by atoms with van der Waals surface area (Å²) in [7, 11) is 3.62. The number of ether oxygens (including phenoxy) is 1. The Morgan fingerprint density at radius 3 is 2.84 bits per heavy atom. The zero-order chi connectivity index (χ0) is 13.7. The van der Waals surface area contributed by atoms with Gasteiger partial charge in [-0.3, -0.25) is 4.79 Å². The van der Waals surface area contributed by atoms with Crippen molar-refractivity contribution >= 4 is 17.7 Å². The van der Waals surface area contributed by atoms with Crippen LogP contribution in [0.25, 0.3) is 0 Å². The van der Waals surface area contributed by atoms with Crippen LogP contribution < -0.4 is 5.32 Å². The Kier molecular flexibility index (Phi) is 5.54. The van der Waals surface area contributed by atoms with Gasteiger partial charge in [-0.15, -0.1) is 0 Å². The molecule has 0 bridgehead atoms. The van der Waals surface area contributed by atoms with E-state index < -0.39 is 0 Å². The lowest BCUT2D eigenvalue weighted by Crippen LogP contribution is -2.49. The van der Waals surface area contributed by atoms with Crippen LogP contribution in [-0.2, 0) is 9.53 Å². The summed E-state index contributed by atoms with van der Waals surface area (Å²) in [6.07, 6.45) is 5.15. The molecule has 0 aromatic rings.